The molecule has 0 aromatic heterocycles. The maximum Gasteiger partial charge on any atom is 0.124 e. The predicted molar refractivity (Wildman–Crippen MR) is 86.6 cm³/mol. The molecule has 0 aliphatic heterocycles. The van der Waals surface area contributed by atoms with Crippen LogP contribution in [0.15, 0.2) is 49.8 Å². The van der Waals surface area contributed by atoms with Crippen LogP contribution in [-0.4, -0.2) is 0 Å². The van der Waals surface area contributed by atoms with E-state index in [1.807, 2.05) is 18.2 Å². The molecule has 0 saturated carbocycles. The normalized spacial score (nSPS) is 12.5. The molecule has 5 heteroatoms. The third kappa shape index (κ3) is 3.88. The van der Waals surface area contributed by atoms with Gasteiger partial charge >= 0.3 is 0 Å². The Kier molecular flexibility index (Phi) is 5.17. The van der Waals surface area contributed by atoms with Crippen molar-refractivity contribution in [2.45, 2.75) is 12.5 Å². The molecule has 2 aromatic rings. The minimum absolute atomic E-state index is 0.149. The molecule has 0 bridgehead atoms. The van der Waals surface area contributed by atoms with E-state index in [4.69, 9.17) is 5.73 Å². The Labute approximate surface area is 136 Å². The molecule has 0 amide bonds. The summed E-state index contributed by atoms with van der Waals surface area (Å²) < 4.78 is 15.8. The summed E-state index contributed by atoms with van der Waals surface area (Å²) in [4.78, 5) is 0. The smallest absolute Gasteiger partial charge is 0.124 e. The van der Waals surface area contributed by atoms with Gasteiger partial charge in [-0.25, -0.2) is 4.39 Å². The van der Waals surface area contributed by atoms with Gasteiger partial charge in [-0.3, -0.25) is 0 Å². The monoisotopic (exact) mass is 449 g/mol. The molecule has 1 nitrogen and oxygen atoms in total. The van der Waals surface area contributed by atoms with Gasteiger partial charge in [0.2, 0.25) is 0 Å². The van der Waals surface area contributed by atoms with Crippen molar-refractivity contribution >= 4 is 47.8 Å². The summed E-state index contributed by atoms with van der Waals surface area (Å²) in [6, 6.07) is 10.4. The fraction of sp³-hybridized carbons (Fsp3) is 0.143. The Bertz CT molecular complexity index is 601. The van der Waals surface area contributed by atoms with Crippen molar-refractivity contribution < 1.29 is 4.39 Å². The fourth-order valence-electron chi connectivity index (χ4n) is 1.84. The van der Waals surface area contributed by atoms with Gasteiger partial charge in [0, 0.05) is 19.5 Å². The van der Waals surface area contributed by atoms with E-state index < -0.39 is 0 Å². The largest absolute Gasteiger partial charge is 0.324 e. The lowest BCUT2D eigenvalue weighted by molar-refractivity contribution is 0.624. The van der Waals surface area contributed by atoms with E-state index in [0.717, 1.165) is 24.5 Å². The molecule has 0 spiro atoms. The number of hydrogen-bond acceptors (Lipinski definition) is 1. The second kappa shape index (κ2) is 6.48. The van der Waals surface area contributed by atoms with Crippen LogP contribution in [0.5, 0.6) is 0 Å². The Hall–Kier alpha value is -0.230. The maximum absolute atomic E-state index is 13.0. The number of rotatable bonds is 3. The topological polar surface area (TPSA) is 26.0 Å². The van der Waals surface area contributed by atoms with Crippen LogP contribution in [-0.2, 0) is 6.42 Å². The minimum atomic E-state index is -0.256. The molecule has 0 fully saturated rings. The number of benzene rings is 2. The average Bonchev–Trinajstić information content (AvgIpc) is 2.32. The Morgan fingerprint density at radius 2 is 1.74 bits per heavy atom. The first-order chi connectivity index (χ1) is 8.97. The predicted octanol–water partition coefficient (Wildman–Crippen LogP) is 5.36. The highest BCUT2D eigenvalue weighted by atomic mass is 79.9. The summed E-state index contributed by atoms with van der Waals surface area (Å²) in [6.07, 6.45) is 0.640. The van der Waals surface area contributed by atoms with Gasteiger partial charge in [-0.1, -0.05) is 59.9 Å². The average molecular weight is 452 g/mol. The second-order valence-corrected chi connectivity index (χ2v) is 6.84. The lowest BCUT2D eigenvalue weighted by Gasteiger charge is -2.15. The molecule has 19 heavy (non-hydrogen) atoms. The van der Waals surface area contributed by atoms with Crippen molar-refractivity contribution in [2.75, 3.05) is 0 Å². The van der Waals surface area contributed by atoms with Gasteiger partial charge in [0.25, 0.3) is 0 Å². The first kappa shape index (κ1) is 15.2. The van der Waals surface area contributed by atoms with Crippen molar-refractivity contribution in [1.82, 2.24) is 0 Å². The van der Waals surface area contributed by atoms with Crippen LogP contribution in [0.2, 0.25) is 0 Å². The quantitative estimate of drug-likeness (QED) is 0.668. The van der Waals surface area contributed by atoms with E-state index in [1.54, 1.807) is 6.07 Å². The van der Waals surface area contributed by atoms with E-state index in [1.165, 1.54) is 12.1 Å². The van der Waals surface area contributed by atoms with Crippen LogP contribution in [0.25, 0.3) is 0 Å². The molecule has 0 aliphatic carbocycles. The van der Waals surface area contributed by atoms with Gasteiger partial charge in [0.15, 0.2) is 0 Å². The van der Waals surface area contributed by atoms with Gasteiger partial charge in [-0.05, 0) is 41.8 Å². The van der Waals surface area contributed by atoms with E-state index >= 15 is 0 Å². The van der Waals surface area contributed by atoms with E-state index in [0.29, 0.717) is 6.42 Å². The highest BCUT2D eigenvalue weighted by Gasteiger charge is 2.13. The SMILES string of the molecule is NC(Cc1ccc(F)cc1Br)c1ccc(Br)cc1Br. The lowest BCUT2D eigenvalue weighted by Crippen LogP contribution is -2.14. The molecule has 0 saturated heterocycles. The standard InChI is InChI=1S/C14H11Br3FN/c15-9-2-4-11(13(17)6-9)14(19)5-8-1-3-10(18)7-12(8)16/h1-4,6-7,14H,5,19H2. The number of halogens is 4. The summed E-state index contributed by atoms with van der Waals surface area (Å²) in [6.45, 7) is 0. The van der Waals surface area contributed by atoms with Crippen molar-refractivity contribution in [3.05, 3.63) is 66.8 Å². The zero-order chi connectivity index (χ0) is 14.0. The van der Waals surface area contributed by atoms with Gasteiger partial charge in [0.05, 0.1) is 0 Å². The Morgan fingerprint density at radius 1 is 1.00 bits per heavy atom. The highest BCUT2D eigenvalue weighted by molar-refractivity contribution is 9.11. The van der Waals surface area contributed by atoms with Crippen LogP contribution >= 0.6 is 47.8 Å². The molecule has 2 N–H and O–H groups in total. The summed E-state index contributed by atoms with van der Waals surface area (Å²) in [7, 11) is 0. The third-order valence-corrected chi connectivity index (χ3v) is 4.74. The second-order valence-electron chi connectivity index (χ2n) is 4.21. The molecule has 100 valence electrons. The van der Waals surface area contributed by atoms with Crippen LogP contribution in [0.4, 0.5) is 4.39 Å². The van der Waals surface area contributed by atoms with Crippen molar-refractivity contribution in [2.24, 2.45) is 5.73 Å². The van der Waals surface area contributed by atoms with Gasteiger partial charge in [-0.15, -0.1) is 0 Å². The summed E-state index contributed by atoms with van der Waals surface area (Å²) in [5.41, 5.74) is 8.24. The number of hydrogen-bond donors (Lipinski definition) is 1. The molecule has 0 aliphatic rings. The summed E-state index contributed by atoms with van der Waals surface area (Å²) in [5, 5.41) is 0. The highest BCUT2D eigenvalue weighted by Crippen LogP contribution is 2.29. The molecule has 2 rings (SSSR count). The lowest BCUT2D eigenvalue weighted by atomic mass is 10.00. The van der Waals surface area contributed by atoms with Crippen LogP contribution in [0.1, 0.15) is 17.2 Å². The fourth-order valence-corrected chi connectivity index (χ4v) is 3.69. The first-order valence-electron chi connectivity index (χ1n) is 5.62. The number of nitrogens with two attached hydrogens (primary N) is 1. The van der Waals surface area contributed by atoms with Gasteiger partial charge in [0.1, 0.15) is 5.82 Å². The summed E-state index contributed by atoms with van der Waals surface area (Å²) >= 11 is 10.3. The van der Waals surface area contributed by atoms with E-state index in [9.17, 15) is 4.39 Å². The molecule has 1 unspecified atom stereocenters. The maximum atomic E-state index is 13.0. The van der Waals surface area contributed by atoms with E-state index in [-0.39, 0.29) is 11.9 Å². The first-order valence-corrected chi connectivity index (χ1v) is 7.99. The molecule has 1 atom stereocenters. The third-order valence-electron chi connectivity index (χ3n) is 2.82. The minimum Gasteiger partial charge on any atom is -0.324 e. The van der Waals surface area contributed by atoms with Crippen molar-refractivity contribution in [3.63, 3.8) is 0 Å². The molecule has 0 heterocycles. The molecule has 2 aromatic carbocycles. The van der Waals surface area contributed by atoms with Crippen LogP contribution in [0.3, 0.4) is 0 Å². The molecular weight excluding hydrogens is 441 g/mol. The Morgan fingerprint density at radius 3 is 2.37 bits per heavy atom. The zero-order valence-electron chi connectivity index (χ0n) is 9.84. The van der Waals surface area contributed by atoms with Crippen LogP contribution in [0, 0.1) is 5.82 Å². The Balaban J connectivity index is 2.23. The van der Waals surface area contributed by atoms with E-state index in [2.05, 4.69) is 47.8 Å². The van der Waals surface area contributed by atoms with Crippen molar-refractivity contribution in [1.29, 1.82) is 0 Å². The van der Waals surface area contributed by atoms with Gasteiger partial charge < -0.3 is 5.73 Å². The van der Waals surface area contributed by atoms with Gasteiger partial charge in [-0.2, -0.15) is 0 Å². The van der Waals surface area contributed by atoms with Crippen LogP contribution < -0.4 is 5.73 Å². The van der Waals surface area contributed by atoms with Crippen molar-refractivity contribution in [3.8, 4) is 0 Å². The molecular formula is C14H11Br3FN. The zero-order valence-corrected chi connectivity index (χ0v) is 14.6. The molecule has 0 radical (unpaired) electrons. The summed E-state index contributed by atoms with van der Waals surface area (Å²) in [5.74, 6) is -0.256.